The van der Waals surface area contributed by atoms with Gasteiger partial charge in [0.2, 0.25) is 5.91 Å². The zero-order valence-corrected chi connectivity index (χ0v) is 25.4. The lowest BCUT2D eigenvalue weighted by molar-refractivity contribution is -0.129. The molecular weight excluding hydrogens is 536 g/mol. The molecule has 0 bridgehead atoms. The van der Waals surface area contributed by atoms with E-state index in [1.807, 2.05) is 17.3 Å². The van der Waals surface area contributed by atoms with Gasteiger partial charge in [0.25, 0.3) is 0 Å². The van der Waals surface area contributed by atoms with Crippen LogP contribution in [0.3, 0.4) is 0 Å². The van der Waals surface area contributed by atoms with E-state index >= 15 is 0 Å². The normalized spacial score (nSPS) is 19.0. The first-order valence-electron chi connectivity index (χ1n) is 16.0. The third-order valence-corrected chi connectivity index (χ3v) is 9.82. The Kier molecular flexibility index (Phi) is 7.97. The molecule has 2 saturated heterocycles. The van der Waals surface area contributed by atoms with Gasteiger partial charge >= 0.3 is 0 Å². The maximum absolute atomic E-state index is 12.4. The molecule has 3 aromatic heterocycles. The molecule has 1 amide bonds. The summed E-state index contributed by atoms with van der Waals surface area (Å²) in [6.45, 7) is 9.10. The molecule has 1 unspecified atom stereocenters. The van der Waals surface area contributed by atoms with Crippen LogP contribution in [0.4, 0.5) is 0 Å². The molecule has 1 atom stereocenters. The van der Waals surface area contributed by atoms with Crippen LogP contribution in [0, 0.1) is 5.92 Å². The largest absolute Gasteiger partial charge is 0.381 e. The van der Waals surface area contributed by atoms with E-state index < -0.39 is 0 Å². The van der Waals surface area contributed by atoms with Crippen molar-refractivity contribution in [1.82, 2.24) is 30.0 Å². The van der Waals surface area contributed by atoms with E-state index in [0.29, 0.717) is 18.5 Å². The maximum atomic E-state index is 12.4. The summed E-state index contributed by atoms with van der Waals surface area (Å²) in [4.78, 5) is 24.1. The third kappa shape index (κ3) is 5.70. The third-order valence-electron chi connectivity index (χ3n) is 9.82. The lowest BCUT2D eigenvalue weighted by Crippen LogP contribution is -2.35. The Morgan fingerprint density at radius 3 is 2.67 bits per heavy atom. The van der Waals surface area contributed by atoms with Gasteiger partial charge in [0, 0.05) is 85.5 Å². The van der Waals surface area contributed by atoms with Crippen LogP contribution < -0.4 is 5.32 Å². The fraction of sp³-hybridized carbons (Fsp3) is 0.486. The van der Waals surface area contributed by atoms with Gasteiger partial charge in [0.05, 0.1) is 17.4 Å². The van der Waals surface area contributed by atoms with Crippen molar-refractivity contribution < 1.29 is 9.53 Å². The van der Waals surface area contributed by atoms with Crippen molar-refractivity contribution in [2.45, 2.75) is 70.9 Å². The molecule has 2 fully saturated rings. The van der Waals surface area contributed by atoms with E-state index in [1.165, 1.54) is 30.5 Å². The number of aromatic nitrogens is 4. The molecule has 3 aliphatic heterocycles. The number of hydrogen-bond acceptors (Lipinski definition) is 6. The zero-order chi connectivity index (χ0) is 29.3. The van der Waals surface area contributed by atoms with Crippen molar-refractivity contribution in [2.24, 2.45) is 5.92 Å². The van der Waals surface area contributed by atoms with Gasteiger partial charge in [-0.25, -0.2) is 0 Å². The lowest BCUT2D eigenvalue weighted by Gasteiger charge is -2.29. The topological polar surface area (TPSA) is 85.2 Å². The highest BCUT2D eigenvalue weighted by atomic mass is 16.5. The van der Waals surface area contributed by atoms with Crippen molar-refractivity contribution in [3.63, 3.8) is 0 Å². The molecule has 3 aliphatic rings. The molecule has 224 valence electrons. The Balaban J connectivity index is 1.19. The number of ether oxygens (including phenoxy) is 1. The van der Waals surface area contributed by atoms with Crippen molar-refractivity contribution in [2.75, 3.05) is 32.8 Å². The van der Waals surface area contributed by atoms with Crippen molar-refractivity contribution >= 4 is 16.7 Å². The highest BCUT2D eigenvalue weighted by molar-refractivity contribution is 5.97. The van der Waals surface area contributed by atoms with Crippen molar-refractivity contribution in [3.05, 3.63) is 65.7 Å². The average molecular weight is 579 g/mol. The lowest BCUT2D eigenvalue weighted by atomic mass is 9.87. The number of benzene rings is 1. The monoisotopic (exact) mass is 578 g/mol. The fourth-order valence-corrected chi connectivity index (χ4v) is 7.29. The summed E-state index contributed by atoms with van der Waals surface area (Å²) in [6, 6.07) is 13.2. The molecule has 6 heterocycles. The smallest absolute Gasteiger partial charge is 0.219 e. The van der Waals surface area contributed by atoms with Crippen LogP contribution in [0.25, 0.3) is 33.3 Å². The van der Waals surface area contributed by atoms with Crippen LogP contribution in [-0.2, 0) is 22.5 Å². The van der Waals surface area contributed by atoms with Crippen LogP contribution in [0.15, 0.2) is 48.8 Å². The van der Waals surface area contributed by atoms with Gasteiger partial charge < -0.3 is 15.0 Å². The average Bonchev–Trinajstić information content (AvgIpc) is 3.44. The number of pyridine rings is 2. The quantitative estimate of drug-likeness (QED) is 0.306. The molecule has 0 spiro atoms. The van der Waals surface area contributed by atoms with Crippen molar-refractivity contribution in [3.8, 4) is 22.5 Å². The minimum Gasteiger partial charge on any atom is -0.381 e. The van der Waals surface area contributed by atoms with Crippen LogP contribution in [0.1, 0.15) is 74.9 Å². The molecule has 7 rings (SSSR count). The van der Waals surface area contributed by atoms with E-state index in [-0.39, 0.29) is 5.91 Å². The molecule has 43 heavy (non-hydrogen) atoms. The Bertz CT molecular complexity index is 1600. The zero-order valence-electron chi connectivity index (χ0n) is 25.4. The summed E-state index contributed by atoms with van der Waals surface area (Å²) >= 11 is 0. The molecule has 1 N–H and O–H groups in total. The molecule has 0 aliphatic carbocycles. The summed E-state index contributed by atoms with van der Waals surface area (Å²) in [7, 11) is 0. The summed E-state index contributed by atoms with van der Waals surface area (Å²) in [5.41, 5.74) is 7.60. The number of piperidine rings is 1. The Morgan fingerprint density at radius 2 is 1.91 bits per heavy atom. The summed E-state index contributed by atoms with van der Waals surface area (Å²) < 4.78 is 7.91. The predicted octanol–water partition coefficient (Wildman–Crippen LogP) is 5.91. The highest BCUT2D eigenvalue weighted by Gasteiger charge is 2.30. The Morgan fingerprint density at radius 1 is 1.07 bits per heavy atom. The minimum absolute atomic E-state index is 0.111. The number of rotatable bonds is 6. The number of nitrogens with zero attached hydrogens (tertiary/aromatic N) is 5. The molecule has 1 aromatic carbocycles. The van der Waals surface area contributed by atoms with Gasteiger partial charge in [-0.2, -0.15) is 5.10 Å². The van der Waals surface area contributed by atoms with Crippen LogP contribution in [0.5, 0.6) is 0 Å². The first kappa shape index (κ1) is 28.2. The van der Waals surface area contributed by atoms with Crippen LogP contribution in [0.2, 0.25) is 0 Å². The molecule has 0 saturated carbocycles. The van der Waals surface area contributed by atoms with Gasteiger partial charge in [-0.3, -0.25) is 19.4 Å². The standard InChI is InChI=1S/C35H42N6O2/c1-23(18-25-8-13-36-14-9-25)32-7-6-27(20-37-32)33-19-26-4-3-5-29(30(26)21-38-33)35-31-22-40(24(2)42)15-10-34(31)41(39-35)28-11-16-43-17-12-28/h3-7,19-21,23,25,28,36H,8-18,22H2,1-2H3. The van der Waals surface area contributed by atoms with E-state index in [0.717, 1.165) is 97.0 Å². The van der Waals surface area contributed by atoms with E-state index in [1.54, 1.807) is 6.92 Å². The van der Waals surface area contributed by atoms with Gasteiger partial charge in [0.15, 0.2) is 0 Å². The summed E-state index contributed by atoms with van der Waals surface area (Å²) in [5, 5.41) is 10.9. The number of carbonyl (C=O) groups excluding carboxylic acids is 1. The Hall–Kier alpha value is -3.62. The number of nitrogens with one attached hydrogen (secondary N) is 1. The van der Waals surface area contributed by atoms with Crippen LogP contribution in [-0.4, -0.2) is 63.4 Å². The van der Waals surface area contributed by atoms with Crippen LogP contribution >= 0.6 is 0 Å². The van der Waals surface area contributed by atoms with Crippen molar-refractivity contribution in [1.29, 1.82) is 0 Å². The predicted molar refractivity (Wildman–Crippen MR) is 169 cm³/mol. The fourth-order valence-electron chi connectivity index (χ4n) is 7.29. The molecule has 4 aromatic rings. The highest BCUT2D eigenvalue weighted by Crippen LogP contribution is 2.37. The van der Waals surface area contributed by atoms with Gasteiger partial charge in [-0.1, -0.05) is 25.1 Å². The summed E-state index contributed by atoms with van der Waals surface area (Å²) in [5.74, 6) is 1.35. The second-order valence-electron chi connectivity index (χ2n) is 12.7. The minimum atomic E-state index is 0.111. The molecule has 8 heteroatoms. The molecular formula is C35H42N6O2. The first-order chi connectivity index (χ1) is 21.0. The number of fused-ring (bicyclic) bond motifs is 2. The number of carbonyl (C=O) groups is 1. The van der Waals surface area contributed by atoms with Gasteiger partial charge in [0.1, 0.15) is 0 Å². The van der Waals surface area contributed by atoms with Gasteiger partial charge in [-0.05, 0) is 80.6 Å². The Labute approximate surface area is 253 Å². The maximum Gasteiger partial charge on any atom is 0.219 e. The second kappa shape index (κ2) is 12.2. The van der Waals surface area contributed by atoms with Gasteiger partial charge in [-0.15, -0.1) is 0 Å². The molecule has 0 radical (unpaired) electrons. The molecule has 8 nitrogen and oxygen atoms in total. The summed E-state index contributed by atoms with van der Waals surface area (Å²) in [6.07, 6.45) is 10.4. The number of amides is 1. The van der Waals surface area contributed by atoms with E-state index in [4.69, 9.17) is 19.8 Å². The number of hydrogen-bond donors (Lipinski definition) is 1. The van der Waals surface area contributed by atoms with E-state index in [9.17, 15) is 4.79 Å². The van der Waals surface area contributed by atoms with E-state index in [2.05, 4.69) is 53.3 Å². The second-order valence-corrected chi connectivity index (χ2v) is 12.7. The first-order valence-corrected chi connectivity index (χ1v) is 16.0. The SMILES string of the molecule is CC(=O)N1CCc2c(c(-c3cccc4cc(-c5ccc(C(C)CC6CCNCC6)nc5)ncc34)nn2C2CCOCC2)C1.